The molecule has 0 aliphatic carbocycles. The molecule has 2 rings (SSSR count). The average Bonchev–Trinajstić information content (AvgIpc) is 2.61. The van der Waals surface area contributed by atoms with Crippen molar-refractivity contribution in [1.82, 2.24) is 15.0 Å². The van der Waals surface area contributed by atoms with E-state index in [1.165, 1.54) is 0 Å². The van der Waals surface area contributed by atoms with Crippen LogP contribution in [0.4, 0.5) is 0 Å². The van der Waals surface area contributed by atoms with Gasteiger partial charge in [-0.3, -0.25) is 9.99 Å². The van der Waals surface area contributed by atoms with Gasteiger partial charge in [0.1, 0.15) is 10.6 Å². The SMILES string of the molecule is CCC1C(c2cnc(Br)cn2)N=NN1C. The highest BCUT2D eigenvalue weighted by atomic mass is 79.9. The van der Waals surface area contributed by atoms with E-state index in [-0.39, 0.29) is 6.04 Å². The van der Waals surface area contributed by atoms with E-state index in [2.05, 4.69) is 43.2 Å². The molecule has 6 heteroatoms. The molecule has 2 unspecified atom stereocenters. The van der Waals surface area contributed by atoms with E-state index in [0.29, 0.717) is 6.04 Å². The van der Waals surface area contributed by atoms with Gasteiger partial charge in [0.25, 0.3) is 0 Å². The molecule has 0 amide bonds. The second kappa shape index (κ2) is 4.22. The van der Waals surface area contributed by atoms with Crippen molar-refractivity contribution in [3.05, 3.63) is 22.7 Å². The molecule has 0 fully saturated rings. The normalized spacial score (nSPS) is 24.9. The maximum absolute atomic E-state index is 4.30. The zero-order valence-corrected chi connectivity index (χ0v) is 10.2. The Bertz CT molecular complexity index is 363. The highest BCUT2D eigenvalue weighted by Crippen LogP contribution is 2.30. The van der Waals surface area contributed by atoms with Gasteiger partial charge in [-0.15, -0.1) is 0 Å². The van der Waals surface area contributed by atoms with Crippen LogP contribution in [0, 0.1) is 0 Å². The molecule has 0 saturated carbocycles. The van der Waals surface area contributed by atoms with Crippen molar-refractivity contribution in [2.75, 3.05) is 7.05 Å². The zero-order valence-electron chi connectivity index (χ0n) is 8.63. The van der Waals surface area contributed by atoms with Gasteiger partial charge in [-0.2, -0.15) is 5.11 Å². The predicted octanol–water partition coefficient (Wildman–Crippen LogP) is 2.37. The molecular formula is C9H12BrN5. The number of halogens is 1. The maximum Gasteiger partial charge on any atom is 0.138 e. The van der Waals surface area contributed by atoms with E-state index in [4.69, 9.17) is 0 Å². The largest absolute Gasteiger partial charge is 0.276 e. The summed E-state index contributed by atoms with van der Waals surface area (Å²) in [5.41, 5.74) is 0.873. The first kappa shape index (κ1) is 10.5. The molecule has 0 spiro atoms. The minimum atomic E-state index is 0.0144. The van der Waals surface area contributed by atoms with Crippen LogP contribution < -0.4 is 0 Å². The van der Waals surface area contributed by atoms with Crippen molar-refractivity contribution in [2.24, 2.45) is 10.3 Å². The van der Waals surface area contributed by atoms with Crippen LogP contribution in [0.5, 0.6) is 0 Å². The smallest absolute Gasteiger partial charge is 0.138 e. The first-order valence-corrected chi connectivity index (χ1v) is 5.62. The molecule has 0 N–H and O–H groups in total. The van der Waals surface area contributed by atoms with Gasteiger partial charge >= 0.3 is 0 Å². The van der Waals surface area contributed by atoms with Crippen molar-refractivity contribution in [3.8, 4) is 0 Å². The van der Waals surface area contributed by atoms with Crippen LogP contribution in [0.15, 0.2) is 27.3 Å². The van der Waals surface area contributed by atoms with Crippen LogP contribution in [0.1, 0.15) is 25.1 Å². The molecule has 0 bridgehead atoms. The summed E-state index contributed by atoms with van der Waals surface area (Å²) in [5, 5.41) is 10.1. The topological polar surface area (TPSA) is 53.7 Å². The van der Waals surface area contributed by atoms with E-state index < -0.39 is 0 Å². The van der Waals surface area contributed by atoms with Gasteiger partial charge in [-0.05, 0) is 22.4 Å². The first-order chi connectivity index (χ1) is 7.22. The standard InChI is InChI=1S/C9H12BrN5/c1-3-7-9(13-14-15(7)2)6-4-12-8(10)5-11-6/h4-5,7,9H,3H2,1-2H3. The Balaban J connectivity index is 2.24. The second-order valence-corrected chi connectivity index (χ2v) is 4.28. The van der Waals surface area contributed by atoms with Gasteiger partial charge in [0.15, 0.2) is 0 Å². The monoisotopic (exact) mass is 269 g/mol. The number of likely N-dealkylation sites (N-methyl/N-ethyl adjacent to an activating group) is 1. The summed E-state index contributed by atoms with van der Waals surface area (Å²) >= 11 is 3.26. The molecule has 1 aromatic rings. The summed E-state index contributed by atoms with van der Waals surface area (Å²) in [7, 11) is 1.93. The number of rotatable bonds is 2. The van der Waals surface area contributed by atoms with Gasteiger partial charge in [0.2, 0.25) is 0 Å². The Morgan fingerprint density at radius 2 is 2.20 bits per heavy atom. The lowest BCUT2D eigenvalue weighted by Crippen LogP contribution is -2.27. The predicted molar refractivity (Wildman–Crippen MR) is 59.2 cm³/mol. The summed E-state index contributed by atoms with van der Waals surface area (Å²) in [4.78, 5) is 8.45. The van der Waals surface area contributed by atoms with Crippen molar-refractivity contribution < 1.29 is 0 Å². The quantitative estimate of drug-likeness (QED) is 0.829. The van der Waals surface area contributed by atoms with Crippen LogP contribution in [0.3, 0.4) is 0 Å². The van der Waals surface area contributed by atoms with Gasteiger partial charge in [0.05, 0.1) is 24.1 Å². The zero-order chi connectivity index (χ0) is 10.8. The van der Waals surface area contributed by atoms with Crippen molar-refractivity contribution in [1.29, 1.82) is 0 Å². The Morgan fingerprint density at radius 3 is 2.80 bits per heavy atom. The third-order valence-corrected chi connectivity index (χ3v) is 2.93. The van der Waals surface area contributed by atoms with E-state index in [1.54, 1.807) is 12.4 Å². The molecular weight excluding hydrogens is 258 g/mol. The summed E-state index contributed by atoms with van der Waals surface area (Å²) in [6, 6.07) is 0.307. The third kappa shape index (κ3) is 1.99. The van der Waals surface area contributed by atoms with Gasteiger partial charge in [0, 0.05) is 7.05 Å². The van der Waals surface area contributed by atoms with Crippen LogP contribution in [0.25, 0.3) is 0 Å². The highest BCUT2D eigenvalue weighted by Gasteiger charge is 2.31. The van der Waals surface area contributed by atoms with E-state index in [0.717, 1.165) is 16.7 Å². The maximum atomic E-state index is 4.30. The van der Waals surface area contributed by atoms with Gasteiger partial charge in [-0.25, -0.2) is 4.98 Å². The van der Waals surface area contributed by atoms with Crippen LogP contribution >= 0.6 is 15.9 Å². The van der Waals surface area contributed by atoms with E-state index >= 15 is 0 Å². The molecule has 15 heavy (non-hydrogen) atoms. The summed E-state index contributed by atoms with van der Waals surface area (Å²) in [6.07, 6.45) is 4.43. The van der Waals surface area contributed by atoms with Crippen molar-refractivity contribution in [3.63, 3.8) is 0 Å². The number of nitrogens with zero attached hydrogens (tertiary/aromatic N) is 5. The third-order valence-electron chi connectivity index (χ3n) is 2.52. The molecule has 80 valence electrons. The van der Waals surface area contributed by atoms with Crippen LogP contribution in [-0.2, 0) is 0 Å². The minimum absolute atomic E-state index is 0.0144. The Morgan fingerprint density at radius 1 is 1.40 bits per heavy atom. The fourth-order valence-corrected chi connectivity index (χ4v) is 1.91. The summed E-state index contributed by atoms with van der Waals surface area (Å²) < 4.78 is 0.739. The molecule has 1 aliphatic rings. The Kier molecular flexibility index (Phi) is 2.95. The molecule has 1 aliphatic heterocycles. The molecule has 5 nitrogen and oxygen atoms in total. The minimum Gasteiger partial charge on any atom is -0.276 e. The number of hydrogen-bond acceptors (Lipinski definition) is 5. The highest BCUT2D eigenvalue weighted by molar-refractivity contribution is 9.10. The summed E-state index contributed by atoms with van der Waals surface area (Å²) in [6.45, 7) is 2.12. The van der Waals surface area contributed by atoms with Crippen molar-refractivity contribution in [2.45, 2.75) is 25.4 Å². The average molecular weight is 270 g/mol. The molecule has 2 atom stereocenters. The first-order valence-electron chi connectivity index (χ1n) is 4.83. The lowest BCUT2D eigenvalue weighted by molar-refractivity contribution is 0.261. The van der Waals surface area contributed by atoms with Crippen molar-refractivity contribution >= 4 is 15.9 Å². The number of hydrogen-bond donors (Lipinski definition) is 0. The fourth-order valence-electron chi connectivity index (χ4n) is 1.70. The Labute approximate surface area is 96.7 Å². The second-order valence-electron chi connectivity index (χ2n) is 3.46. The Hall–Kier alpha value is -1.04. The van der Waals surface area contributed by atoms with Gasteiger partial charge < -0.3 is 0 Å². The molecule has 0 saturated heterocycles. The van der Waals surface area contributed by atoms with Gasteiger partial charge in [-0.1, -0.05) is 12.1 Å². The summed E-state index contributed by atoms with van der Waals surface area (Å²) in [5.74, 6) is 0. The molecule has 2 heterocycles. The molecule has 0 radical (unpaired) electrons. The lowest BCUT2D eigenvalue weighted by atomic mass is 10.0. The van der Waals surface area contributed by atoms with Crippen LogP contribution in [-0.4, -0.2) is 28.1 Å². The van der Waals surface area contributed by atoms with E-state index in [9.17, 15) is 0 Å². The number of aromatic nitrogens is 2. The van der Waals surface area contributed by atoms with Crippen LogP contribution in [0.2, 0.25) is 0 Å². The fraction of sp³-hybridized carbons (Fsp3) is 0.556. The molecule has 1 aromatic heterocycles. The van der Waals surface area contributed by atoms with E-state index in [1.807, 2.05) is 12.1 Å². The lowest BCUT2D eigenvalue weighted by Gasteiger charge is -2.19. The molecule has 0 aromatic carbocycles.